The average Bonchev–Trinajstić information content (AvgIpc) is 3.41. The molecule has 0 saturated carbocycles. The average molecular weight is 408 g/mol. The van der Waals surface area contributed by atoms with Crippen LogP contribution in [0.2, 0.25) is 0 Å². The molecule has 0 amide bonds. The van der Waals surface area contributed by atoms with Gasteiger partial charge in [0.25, 0.3) is 5.89 Å². The van der Waals surface area contributed by atoms with E-state index in [1.165, 1.54) is 0 Å². The monoisotopic (exact) mass is 408 g/mol. The summed E-state index contributed by atoms with van der Waals surface area (Å²) in [5.74, 6) is 0.788. The van der Waals surface area contributed by atoms with Crippen molar-refractivity contribution in [2.45, 2.75) is 20.1 Å². The largest absolute Gasteiger partial charge is 0.497 e. The predicted octanol–water partition coefficient (Wildman–Crippen LogP) is 4.38. The van der Waals surface area contributed by atoms with Crippen LogP contribution in [0.3, 0.4) is 0 Å². The number of carbonyl (C=O) groups excluding carboxylic acids is 1. The summed E-state index contributed by atoms with van der Waals surface area (Å²) >= 11 is 0. The van der Waals surface area contributed by atoms with Gasteiger partial charge in [0, 0.05) is 23.1 Å². The van der Waals surface area contributed by atoms with E-state index in [9.17, 15) is 4.79 Å². The lowest BCUT2D eigenvalue weighted by Crippen LogP contribution is -2.08. The van der Waals surface area contributed by atoms with Crippen LogP contribution >= 0.6 is 0 Å². The number of rotatable bonds is 8. The van der Waals surface area contributed by atoms with Crippen molar-refractivity contribution >= 4 is 16.9 Å². The number of furan rings is 1. The van der Waals surface area contributed by atoms with Gasteiger partial charge in [0.1, 0.15) is 11.3 Å². The van der Waals surface area contributed by atoms with E-state index in [0.29, 0.717) is 23.6 Å². The molecule has 30 heavy (non-hydrogen) atoms. The minimum atomic E-state index is -0.620. The number of benzene rings is 2. The second-order valence-corrected chi connectivity index (χ2v) is 6.36. The third-order valence-electron chi connectivity index (χ3n) is 4.48. The van der Waals surface area contributed by atoms with E-state index in [1.807, 2.05) is 37.3 Å². The number of nitrogens with zero attached hydrogens (tertiary/aromatic N) is 2. The summed E-state index contributed by atoms with van der Waals surface area (Å²) in [5.41, 5.74) is 2.01. The number of ether oxygens (including phenoxy) is 3. The van der Waals surface area contributed by atoms with Gasteiger partial charge in [-0.15, -0.1) is 0 Å². The van der Waals surface area contributed by atoms with Gasteiger partial charge in [0.2, 0.25) is 11.6 Å². The van der Waals surface area contributed by atoms with Crippen molar-refractivity contribution in [3.8, 4) is 17.1 Å². The fourth-order valence-corrected chi connectivity index (χ4v) is 2.97. The van der Waals surface area contributed by atoms with Gasteiger partial charge >= 0.3 is 5.97 Å². The molecule has 0 atom stereocenters. The van der Waals surface area contributed by atoms with E-state index >= 15 is 0 Å². The maximum Gasteiger partial charge on any atom is 0.375 e. The molecule has 154 valence electrons. The van der Waals surface area contributed by atoms with Crippen molar-refractivity contribution in [1.82, 2.24) is 10.1 Å². The van der Waals surface area contributed by atoms with Gasteiger partial charge in [-0.25, -0.2) is 4.79 Å². The SMILES string of the molecule is CCOCc1c(C(=O)OCc2nc(-c3ccc(OC)cc3)no2)oc2ccccc12. The molecule has 0 aliphatic carbocycles. The van der Waals surface area contributed by atoms with Gasteiger partial charge in [-0.3, -0.25) is 0 Å². The van der Waals surface area contributed by atoms with E-state index in [-0.39, 0.29) is 24.9 Å². The maximum absolute atomic E-state index is 12.6. The van der Waals surface area contributed by atoms with E-state index in [0.717, 1.165) is 16.7 Å². The Morgan fingerprint density at radius 1 is 1.07 bits per heavy atom. The fourth-order valence-electron chi connectivity index (χ4n) is 2.97. The highest BCUT2D eigenvalue weighted by Gasteiger charge is 2.22. The van der Waals surface area contributed by atoms with Gasteiger partial charge in [0.05, 0.1) is 13.7 Å². The molecule has 0 aliphatic rings. The number of fused-ring (bicyclic) bond motifs is 1. The maximum atomic E-state index is 12.6. The van der Waals surface area contributed by atoms with Crippen molar-refractivity contribution in [2.24, 2.45) is 0 Å². The molecule has 2 heterocycles. The summed E-state index contributed by atoms with van der Waals surface area (Å²) in [6.45, 7) is 2.48. The van der Waals surface area contributed by atoms with Crippen LogP contribution in [0.25, 0.3) is 22.4 Å². The van der Waals surface area contributed by atoms with Crippen molar-refractivity contribution < 1.29 is 27.9 Å². The second-order valence-electron chi connectivity index (χ2n) is 6.36. The molecule has 0 N–H and O–H groups in total. The fraction of sp³-hybridized carbons (Fsp3) is 0.227. The third-order valence-corrected chi connectivity index (χ3v) is 4.48. The van der Waals surface area contributed by atoms with E-state index in [1.54, 1.807) is 25.3 Å². The molecule has 8 heteroatoms. The Morgan fingerprint density at radius 3 is 2.63 bits per heavy atom. The molecule has 4 aromatic rings. The zero-order valence-corrected chi connectivity index (χ0v) is 16.6. The second kappa shape index (κ2) is 8.79. The first-order valence-electron chi connectivity index (χ1n) is 9.42. The molecule has 2 aromatic carbocycles. The molecule has 0 bridgehead atoms. The van der Waals surface area contributed by atoms with Crippen molar-refractivity contribution in [3.05, 3.63) is 65.7 Å². The predicted molar refractivity (Wildman–Crippen MR) is 107 cm³/mol. The Bertz CT molecular complexity index is 1150. The third kappa shape index (κ3) is 4.04. The van der Waals surface area contributed by atoms with E-state index in [2.05, 4.69) is 10.1 Å². The van der Waals surface area contributed by atoms with Crippen LogP contribution < -0.4 is 4.74 Å². The zero-order chi connectivity index (χ0) is 20.9. The number of hydrogen-bond acceptors (Lipinski definition) is 8. The first kappa shape index (κ1) is 19.7. The van der Waals surface area contributed by atoms with Crippen molar-refractivity contribution in [3.63, 3.8) is 0 Å². The smallest absolute Gasteiger partial charge is 0.375 e. The Kier molecular flexibility index (Phi) is 5.76. The molecule has 0 unspecified atom stereocenters. The Hall–Kier alpha value is -3.65. The Morgan fingerprint density at radius 2 is 1.87 bits per heavy atom. The zero-order valence-electron chi connectivity index (χ0n) is 16.6. The van der Waals surface area contributed by atoms with Gasteiger partial charge < -0.3 is 23.2 Å². The van der Waals surface area contributed by atoms with Crippen molar-refractivity contribution in [2.75, 3.05) is 13.7 Å². The van der Waals surface area contributed by atoms with E-state index in [4.69, 9.17) is 23.2 Å². The van der Waals surface area contributed by atoms with Gasteiger partial charge in [-0.1, -0.05) is 23.4 Å². The number of esters is 1. The Balaban J connectivity index is 1.48. The molecular weight excluding hydrogens is 388 g/mol. The molecule has 0 spiro atoms. The highest BCUT2D eigenvalue weighted by atomic mass is 16.6. The summed E-state index contributed by atoms with van der Waals surface area (Å²) in [5, 5.41) is 4.74. The van der Waals surface area contributed by atoms with Crippen LogP contribution in [-0.2, 0) is 22.7 Å². The lowest BCUT2D eigenvalue weighted by Gasteiger charge is -2.03. The van der Waals surface area contributed by atoms with Crippen LogP contribution in [0.5, 0.6) is 5.75 Å². The van der Waals surface area contributed by atoms with Crippen LogP contribution in [0.4, 0.5) is 0 Å². The summed E-state index contributed by atoms with van der Waals surface area (Å²) in [4.78, 5) is 16.9. The highest BCUT2D eigenvalue weighted by Crippen LogP contribution is 2.27. The number of para-hydroxylation sites is 1. The van der Waals surface area contributed by atoms with E-state index < -0.39 is 5.97 Å². The molecule has 0 aliphatic heterocycles. The quantitative estimate of drug-likeness (QED) is 0.396. The Labute approximate surface area is 172 Å². The van der Waals surface area contributed by atoms with Gasteiger partial charge in [0.15, 0.2) is 6.61 Å². The topological polar surface area (TPSA) is 96.8 Å². The number of methoxy groups -OCH3 is 1. The van der Waals surface area contributed by atoms with Crippen LogP contribution in [0, 0.1) is 0 Å². The summed E-state index contributed by atoms with van der Waals surface area (Å²) in [6, 6.07) is 14.6. The van der Waals surface area contributed by atoms with Crippen LogP contribution in [0.15, 0.2) is 57.5 Å². The summed E-state index contributed by atoms with van der Waals surface area (Å²) in [6.07, 6.45) is 0. The first-order valence-corrected chi connectivity index (χ1v) is 9.42. The molecular formula is C22H20N2O6. The molecule has 2 aromatic heterocycles. The lowest BCUT2D eigenvalue weighted by atomic mass is 10.1. The van der Waals surface area contributed by atoms with Crippen LogP contribution in [-0.4, -0.2) is 29.8 Å². The molecule has 0 saturated heterocycles. The first-order chi connectivity index (χ1) is 14.7. The summed E-state index contributed by atoms with van der Waals surface area (Å²) < 4.78 is 26.9. The van der Waals surface area contributed by atoms with Crippen LogP contribution in [0.1, 0.15) is 28.9 Å². The number of hydrogen-bond donors (Lipinski definition) is 0. The number of carbonyl (C=O) groups is 1. The molecule has 0 radical (unpaired) electrons. The summed E-state index contributed by atoms with van der Waals surface area (Å²) in [7, 11) is 1.59. The van der Waals surface area contributed by atoms with Gasteiger partial charge in [-0.05, 0) is 37.3 Å². The normalized spacial score (nSPS) is 11.0. The standard InChI is InChI=1S/C22H20N2O6/c1-3-27-12-17-16-6-4-5-7-18(16)29-20(17)22(25)28-13-19-23-21(24-30-19)14-8-10-15(26-2)11-9-14/h4-11H,3,12-13H2,1-2H3. The lowest BCUT2D eigenvalue weighted by molar-refractivity contribution is 0.0388. The highest BCUT2D eigenvalue weighted by molar-refractivity contribution is 5.96. The molecule has 8 nitrogen and oxygen atoms in total. The number of aromatic nitrogens is 2. The van der Waals surface area contributed by atoms with Gasteiger partial charge in [-0.2, -0.15) is 4.98 Å². The molecule has 4 rings (SSSR count). The minimum Gasteiger partial charge on any atom is -0.497 e. The van der Waals surface area contributed by atoms with Crippen molar-refractivity contribution in [1.29, 1.82) is 0 Å². The minimum absolute atomic E-state index is 0.111. The molecule has 0 fully saturated rings.